The van der Waals surface area contributed by atoms with Crippen LogP contribution in [0.5, 0.6) is 0 Å². The second-order valence-corrected chi connectivity index (χ2v) is 6.64. The molecule has 2 N–H and O–H groups in total. The monoisotopic (exact) mass is 377 g/mol. The molecule has 7 nitrogen and oxygen atoms in total. The van der Waals surface area contributed by atoms with Crippen molar-refractivity contribution in [2.24, 2.45) is 0 Å². The molecule has 1 aromatic rings. The number of carbonyl (C=O) groups is 2. The molecule has 1 aliphatic rings. The Hall–Kier alpha value is -2.14. The number of amides is 2. The van der Waals surface area contributed by atoms with E-state index in [0.717, 1.165) is 26.2 Å². The Morgan fingerprint density at radius 2 is 2.00 bits per heavy atom. The first-order valence-electron chi connectivity index (χ1n) is 8.68. The van der Waals surface area contributed by atoms with Crippen molar-refractivity contribution in [3.8, 4) is 6.07 Å². The Morgan fingerprint density at radius 3 is 2.58 bits per heavy atom. The molecule has 0 spiro atoms. The van der Waals surface area contributed by atoms with Gasteiger partial charge in [-0.05, 0) is 32.0 Å². The number of nitrogens with one attached hydrogen (secondary N) is 2. The smallest absolute Gasteiger partial charge is 0.241 e. The fourth-order valence-corrected chi connectivity index (χ4v) is 3.08. The minimum Gasteiger partial charge on any atom is -0.355 e. The number of halogens is 1. The third kappa shape index (κ3) is 5.43. The van der Waals surface area contributed by atoms with Gasteiger partial charge in [0, 0.05) is 38.4 Å². The minimum atomic E-state index is -0.295. The predicted octanol–water partition coefficient (Wildman–Crippen LogP) is 1.29. The molecule has 26 heavy (non-hydrogen) atoms. The second kappa shape index (κ2) is 9.53. The quantitative estimate of drug-likeness (QED) is 0.780. The van der Waals surface area contributed by atoms with E-state index in [1.807, 2.05) is 19.9 Å². The first-order chi connectivity index (χ1) is 12.4. The number of anilines is 1. The normalized spacial score (nSPS) is 16.5. The van der Waals surface area contributed by atoms with Crippen molar-refractivity contribution < 1.29 is 9.59 Å². The van der Waals surface area contributed by atoms with E-state index < -0.39 is 0 Å². The molecule has 1 heterocycles. The van der Waals surface area contributed by atoms with Crippen LogP contribution in [-0.2, 0) is 9.59 Å². The maximum Gasteiger partial charge on any atom is 0.241 e. The average molecular weight is 378 g/mol. The zero-order valence-corrected chi connectivity index (χ0v) is 15.8. The Balaban J connectivity index is 1.85. The van der Waals surface area contributed by atoms with E-state index in [2.05, 4.69) is 20.4 Å². The fraction of sp³-hybridized carbons (Fsp3) is 0.500. The Labute approximate surface area is 158 Å². The summed E-state index contributed by atoms with van der Waals surface area (Å²) in [6, 6.07) is 6.52. The lowest BCUT2D eigenvalue weighted by Crippen LogP contribution is -2.54. The molecular weight excluding hydrogens is 354 g/mol. The van der Waals surface area contributed by atoms with Crippen molar-refractivity contribution >= 4 is 29.1 Å². The summed E-state index contributed by atoms with van der Waals surface area (Å²) in [7, 11) is 0. The van der Waals surface area contributed by atoms with E-state index in [9.17, 15) is 9.59 Å². The maximum atomic E-state index is 12.5. The van der Waals surface area contributed by atoms with Crippen LogP contribution in [0.4, 0.5) is 5.69 Å². The van der Waals surface area contributed by atoms with Gasteiger partial charge in [0.25, 0.3) is 0 Å². The molecule has 1 aliphatic heterocycles. The number of hydrogen-bond donors (Lipinski definition) is 2. The average Bonchev–Trinajstić information content (AvgIpc) is 2.62. The number of carbonyl (C=O) groups excluding carboxylic acids is 2. The molecule has 1 atom stereocenters. The number of piperazine rings is 1. The lowest BCUT2D eigenvalue weighted by molar-refractivity contribution is -0.124. The molecule has 1 unspecified atom stereocenters. The van der Waals surface area contributed by atoms with Gasteiger partial charge in [0.05, 0.1) is 23.2 Å². The summed E-state index contributed by atoms with van der Waals surface area (Å²) in [5.74, 6) is -0.0904. The highest BCUT2D eigenvalue weighted by Crippen LogP contribution is 2.20. The maximum absolute atomic E-state index is 12.5. The number of likely N-dealkylation sites (N-methyl/N-ethyl adjacent to an activating group) is 1. The highest BCUT2D eigenvalue weighted by Gasteiger charge is 2.26. The minimum absolute atomic E-state index is 0.0319. The van der Waals surface area contributed by atoms with Crippen molar-refractivity contribution in [2.75, 3.05) is 44.6 Å². The van der Waals surface area contributed by atoms with Crippen molar-refractivity contribution in [3.63, 3.8) is 0 Å². The van der Waals surface area contributed by atoms with Gasteiger partial charge in [-0.1, -0.05) is 11.6 Å². The van der Waals surface area contributed by atoms with Crippen molar-refractivity contribution in [1.29, 1.82) is 5.26 Å². The van der Waals surface area contributed by atoms with E-state index >= 15 is 0 Å². The van der Waals surface area contributed by atoms with Gasteiger partial charge in [-0.15, -0.1) is 0 Å². The summed E-state index contributed by atoms with van der Waals surface area (Å²) in [5.41, 5.74) is 0.946. The standard InChI is InChI=1S/C18H24ClN5O2/c1-3-21-17(25)12-23-6-8-24(9-7-23)13(2)18(26)22-15-5-4-14(11-20)16(19)10-15/h4-5,10,13H,3,6-9,12H2,1-2H3,(H,21,25)(H,22,26). The zero-order chi connectivity index (χ0) is 19.1. The molecular formula is C18H24ClN5O2. The second-order valence-electron chi connectivity index (χ2n) is 6.24. The van der Waals surface area contributed by atoms with E-state index in [1.165, 1.54) is 0 Å². The molecule has 2 amide bonds. The van der Waals surface area contributed by atoms with Gasteiger partial charge in [0.15, 0.2) is 0 Å². The largest absolute Gasteiger partial charge is 0.355 e. The van der Waals surface area contributed by atoms with Crippen molar-refractivity contribution in [3.05, 3.63) is 28.8 Å². The molecule has 1 aromatic carbocycles. The summed E-state index contributed by atoms with van der Waals surface area (Å²) in [4.78, 5) is 28.3. The molecule has 1 saturated heterocycles. The van der Waals surface area contributed by atoms with Crippen LogP contribution in [0.25, 0.3) is 0 Å². The summed E-state index contributed by atoms with van der Waals surface area (Å²) < 4.78 is 0. The van der Waals surface area contributed by atoms with Gasteiger partial charge in [0.1, 0.15) is 6.07 Å². The molecule has 0 aliphatic carbocycles. The Kier molecular flexibility index (Phi) is 7.39. The number of rotatable bonds is 6. The summed E-state index contributed by atoms with van der Waals surface area (Å²) in [5, 5.41) is 14.8. The van der Waals surface area contributed by atoms with Gasteiger partial charge in [-0.25, -0.2) is 0 Å². The van der Waals surface area contributed by atoms with Crippen molar-refractivity contribution in [1.82, 2.24) is 15.1 Å². The summed E-state index contributed by atoms with van der Waals surface area (Å²) in [6.45, 7) is 7.73. The molecule has 2 rings (SSSR count). The Morgan fingerprint density at radius 1 is 1.31 bits per heavy atom. The topological polar surface area (TPSA) is 88.5 Å². The van der Waals surface area contributed by atoms with Gasteiger partial charge < -0.3 is 10.6 Å². The third-order valence-corrected chi connectivity index (χ3v) is 4.74. The van der Waals surface area contributed by atoms with Crippen LogP contribution in [0.15, 0.2) is 18.2 Å². The van der Waals surface area contributed by atoms with Crippen LogP contribution in [0.3, 0.4) is 0 Å². The predicted molar refractivity (Wildman–Crippen MR) is 101 cm³/mol. The van der Waals surface area contributed by atoms with Gasteiger partial charge in [-0.2, -0.15) is 5.26 Å². The first-order valence-corrected chi connectivity index (χ1v) is 9.06. The molecule has 0 aromatic heterocycles. The van der Waals surface area contributed by atoms with Gasteiger partial charge >= 0.3 is 0 Å². The van der Waals surface area contributed by atoms with Crippen LogP contribution in [0.1, 0.15) is 19.4 Å². The van der Waals surface area contributed by atoms with Crippen LogP contribution >= 0.6 is 11.6 Å². The van der Waals surface area contributed by atoms with E-state index in [-0.39, 0.29) is 17.9 Å². The third-order valence-electron chi connectivity index (χ3n) is 4.43. The highest BCUT2D eigenvalue weighted by molar-refractivity contribution is 6.32. The van der Waals surface area contributed by atoms with Crippen LogP contribution in [0, 0.1) is 11.3 Å². The van der Waals surface area contributed by atoms with Gasteiger partial charge in [-0.3, -0.25) is 19.4 Å². The molecule has 140 valence electrons. The number of benzene rings is 1. The van der Waals surface area contributed by atoms with E-state index in [0.29, 0.717) is 29.4 Å². The summed E-state index contributed by atoms with van der Waals surface area (Å²) >= 11 is 6.00. The summed E-state index contributed by atoms with van der Waals surface area (Å²) in [6.07, 6.45) is 0. The van der Waals surface area contributed by atoms with Crippen LogP contribution in [-0.4, -0.2) is 66.9 Å². The highest BCUT2D eigenvalue weighted by atomic mass is 35.5. The first kappa shape index (κ1) is 20.2. The van der Waals surface area contributed by atoms with Crippen LogP contribution < -0.4 is 10.6 Å². The number of nitrogens with zero attached hydrogens (tertiary/aromatic N) is 3. The molecule has 0 bridgehead atoms. The lowest BCUT2D eigenvalue weighted by atomic mass is 10.2. The number of nitriles is 1. The van der Waals surface area contributed by atoms with Crippen LogP contribution in [0.2, 0.25) is 5.02 Å². The molecule has 1 fully saturated rings. The molecule has 8 heteroatoms. The molecule has 0 saturated carbocycles. The fourth-order valence-electron chi connectivity index (χ4n) is 2.86. The van der Waals surface area contributed by atoms with E-state index in [1.54, 1.807) is 18.2 Å². The van der Waals surface area contributed by atoms with Crippen molar-refractivity contribution in [2.45, 2.75) is 19.9 Å². The Bertz CT molecular complexity index is 695. The molecule has 0 radical (unpaired) electrons. The zero-order valence-electron chi connectivity index (χ0n) is 15.1. The lowest BCUT2D eigenvalue weighted by Gasteiger charge is -2.37. The number of hydrogen-bond acceptors (Lipinski definition) is 5. The SMILES string of the molecule is CCNC(=O)CN1CCN(C(C)C(=O)Nc2ccc(C#N)c(Cl)c2)CC1. The van der Waals surface area contributed by atoms with E-state index in [4.69, 9.17) is 16.9 Å². The van der Waals surface area contributed by atoms with Gasteiger partial charge in [0.2, 0.25) is 11.8 Å².